The third-order valence-electron chi connectivity index (χ3n) is 4.69. The van der Waals surface area contributed by atoms with E-state index in [2.05, 4.69) is 12.2 Å². The van der Waals surface area contributed by atoms with Crippen molar-refractivity contribution in [3.8, 4) is 0 Å². The van der Waals surface area contributed by atoms with E-state index in [-0.39, 0.29) is 0 Å². The maximum atomic E-state index is 3.84. The summed E-state index contributed by atoms with van der Waals surface area (Å²) in [5.74, 6) is 2.06. The summed E-state index contributed by atoms with van der Waals surface area (Å²) in [6.07, 6.45) is 14.7. The minimum atomic E-state index is 0.852. The fourth-order valence-corrected chi connectivity index (χ4v) is 3.74. The molecule has 2 rings (SSSR count). The van der Waals surface area contributed by atoms with Gasteiger partial charge in [0.15, 0.2) is 0 Å². The molecule has 1 unspecified atom stereocenters. The first-order valence-electron chi connectivity index (χ1n) is 7.63. The Morgan fingerprint density at radius 1 is 1.00 bits per heavy atom. The first-order chi connectivity index (χ1) is 7.90. The van der Waals surface area contributed by atoms with Crippen LogP contribution in [0.3, 0.4) is 0 Å². The van der Waals surface area contributed by atoms with Gasteiger partial charge in [0.05, 0.1) is 0 Å². The molecule has 1 heteroatoms. The predicted molar refractivity (Wildman–Crippen MR) is 70.6 cm³/mol. The number of rotatable bonds is 6. The van der Waals surface area contributed by atoms with Crippen LogP contribution in [0.15, 0.2) is 0 Å². The highest BCUT2D eigenvalue weighted by atomic mass is 14.9. The van der Waals surface area contributed by atoms with E-state index in [1.54, 1.807) is 0 Å². The molecule has 2 aliphatic rings. The van der Waals surface area contributed by atoms with Gasteiger partial charge in [-0.3, -0.25) is 0 Å². The van der Waals surface area contributed by atoms with Gasteiger partial charge in [0.2, 0.25) is 0 Å². The van der Waals surface area contributed by atoms with Crippen LogP contribution < -0.4 is 5.32 Å². The van der Waals surface area contributed by atoms with E-state index in [1.807, 2.05) is 0 Å². The lowest BCUT2D eigenvalue weighted by molar-refractivity contribution is 0.295. The SMILES string of the molecule is CCCNC(CC1CCCC1)C1CCCC1. The molecule has 0 aromatic carbocycles. The van der Waals surface area contributed by atoms with Crippen molar-refractivity contribution in [3.05, 3.63) is 0 Å². The topological polar surface area (TPSA) is 12.0 Å². The smallest absolute Gasteiger partial charge is 0.00979 e. The molecule has 0 spiro atoms. The average Bonchev–Trinajstić information content (AvgIpc) is 2.96. The highest BCUT2D eigenvalue weighted by Gasteiger charge is 2.27. The Morgan fingerprint density at radius 2 is 1.62 bits per heavy atom. The molecule has 2 saturated carbocycles. The summed E-state index contributed by atoms with van der Waals surface area (Å²) < 4.78 is 0. The van der Waals surface area contributed by atoms with Crippen molar-refractivity contribution < 1.29 is 0 Å². The molecule has 0 saturated heterocycles. The number of hydrogen-bond donors (Lipinski definition) is 1. The fraction of sp³-hybridized carbons (Fsp3) is 1.00. The largest absolute Gasteiger partial charge is 0.314 e. The maximum absolute atomic E-state index is 3.84. The Bertz CT molecular complexity index is 178. The van der Waals surface area contributed by atoms with Crippen molar-refractivity contribution in [3.63, 3.8) is 0 Å². The second-order valence-electron chi connectivity index (χ2n) is 5.99. The highest BCUT2D eigenvalue weighted by Crippen LogP contribution is 2.35. The zero-order valence-corrected chi connectivity index (χ0v) is 11.0. The van der Waals surface area contributed by atoms with Crippen LogP contribution in [0.4, 0.5) is 0 Å². The molecule has 0 bridgehead atoms. The van der Waals surface area contributed by atoms with Gasteiger partial charge in [0.1, 0.15) is 0 Å². The average molecular weight is 223 g/mol. The Balaban J connectivity index is 1.80. The summed E-state index contributed by atoms with van der Waals surface area (Å²) >= 11 is 0. The van der Waals surface area contributed by atoms with Crippen LogP contribution in [0.1, 0.15) is 71.1 Å². The molecule has 1 N–H and O–H groups in total. The monoisotopic (exact) mass is 223 g/mol. The highest BCUT2D eigenvalue weighted by molar-refractivity contribution is 4.84. The van der Waals surface area contributed by atoms with E-state index in [1.165, 1.54) is 70.8 Å². The van der Waals surface area contributed by atoms with Crippen LogP contribution in [0.25, 0.3) is 0 Å². The Hall–Kier alpha value is -0.0400. The molecule has 2 fully saturated rings. The molecule has 0 aliphatic heterocycles. The lowest BCUT2D eigenvalue weighted by atomic mass is 9.88. The van der Waals surface area contributed by atoms with Gasteiger partial charge in [-0.15, -0.1) is 0 Å². The lowest BCUT2D eigenvalue weighted by Crippen LogP contribution is -2.37. The first-order valence-corrected chi connectivity index (χ1v) is 7.63. The van der Waals surface area contributed by atoms with Crippen LogP contribution >= 0.6 is 0 Å². The standard InChI is InChI=1S/C15H29N/c1-2-11-16-15(14-9-5-6-10-14)12-13-7-3-4-8-13/h13-16H,2-12H2,1H3. The molecule has 0 heterocycles. The number of hydrogen-bond acceptors (Lipinski definition) is 1. The number of nitrogens with one attached hydrogen (secondary N) is 1. The van der Waals surface area contributed by atoms with Crippen LogP contribution in [0.2, 0.25) is 0 Å². The second kappa shape index (κ2) is 6.64. The molecule has 1 nitrogen and oxygen atoms in total. The third-order valence-corrected chi connectivity index (χ3v) is 4.69. The zero-order chi connectivity index (χ0) is 11.2. The minimum Gasteiger partial charge on any atom is -0.314 e. The van der Waals surface area contributed by atoms with Crippen molar-refractivity contribution in [2.45, 2.75) is 77.2 Å². The van der Waals surface area contributed by atoms with Gasteiger partial charge in [-0.2, -0.15) is 0 Å². The van der Waals surface area contributed by atoms with Crippen molar-refractivity contribution in [1.29, 1.82) is 0 Å². The first kappa shape index (κ1) is 12.4. The van der Waals surface area contributed by atoms with Gasteiger partial charge >= 0.3 is 0 Å². The van der Waals surface area contributed by atoms with Gasteiger partial charge in [-0.25, -0.2) is 0 Å². The molecule has 0 aromatic rings. The summed E-state index contributed by atoms with van der Waals surface area (Å²) in [5, 5.41) is 3.84. The van der Waals surface area contributed by atoms with E-state index >= 15 is 0 Å². The van der Waals surface area contributed by atoms with Crippen LogP contribution in [-0.4, -0.2) is 12.6 Å². The maximum Gasteiger partial charge on any atom is 0.00979 e. The molecule has 2 aliphatic carbocycles. The fourth-order valence-electron chi connectivity index (χ4n) is 3.74. The summed E-state index contributed by atoms with van der Waals surface area (Å²) in [6.45, 7) is 3.52. The van der Waals surface area contributed by atoms with E-state index in [0.717, 1.165) is 17.9 Å². The lowest BCUT2D eigenvalue weighted by Gasteiger charge is -2.27. The Kier molecular flexibility index (Phi) is 5.15. The molecule has 16 heavy (non-hydrogen) atoms. The van der Waals surface area contributed by atoms with Gasteiger partial charge < -0.3 is 5.32 Å². The normalized spacial score (nSPS) is 25.3. The Labute approximate surface area is 101 Å². The van der Waals surface area contributed by atoms with E-state index in [0.29, 0.717) is 0 Å². The quantitative estimate of drug-likeness (QED) is 0.714. The van der Waals surface area contributed by atoms with Crippen LogP contribution in [-0.2, 0) is 0 Å². The summed E-state index contributed by atoms with van der Waals surface area (Å²) in [4.78, 5) is 0. The van der Waals surface area contributed by atoms with Gasteiger partial charge in [0.25, 0.3) is 0 Å². The second-order valence-corrected chi connectivity index (χ2v) is 5.99. The van der Waals surface area contributed by atoms with Gasteiger partial charge in [-0.05, 0) is 44.1 Å². The molecule has 0 aromatic heterocycles. The van der Waals surface area contributed by atoms with Crippen LogP contribution in [0.5, 0.6) is 0 Å². The molecule has 0 radical (unpaired) electrons. The molecule has 94 valence electrons. The minimum absolute atomic E-state index is 0.852. The van der Waals surface area contributed by atoms with E-state index in [4.69, 9.17) is 0 Å². The van der Waals surface area contributed by atoms with Gasteiger partial charge in [0, 0.05) is 6.04 Å². The molecular formula is C15H29N. The third kappa shape index (κ3) is 3.48. The summed E-state index contributed by atoms with van der Waals surface area (Å²) in [5.41, 5.74) is 0. The molecule has 1 atom stereocenters. The summed E-state index contributed by atoms with van der Waals surface area (Å²) in [7, 11) is 0. The van der Waals surface area contributed by atoms with E-state index in [9.17, 15) is 0 Å². The molecule has 0 amide bonds. The van der Waals surface area contributed by atoms with Crippen molar-refractivity contribution >= 4 is 0 Å². The Morgan fingerprint density at radius 3 is 2.25 bits per heavy atom. The van der Waals surface area contributed by atoms with Crippen molar-refractivity contribution in [2.75, 3.05) is 6.54 Å². The van der Waals surface area contributed by atoms with Gasteiger partial charge in [-0.1, -0.05) is 45.4 Å². The van der Waals surface area contributed by atoms with Crippen molar-refractivity contribution in [2.24, 2.45) is 11.8 Å². The molecular weight excluding hydrogens is 194 g/mol. The van der Waals surface area contributed by atoms with Crippen molar-refractivity contribution in [1.82, 2.24) is 5.32 Å². The predicted octanol–water partition coefficient (Wildman–Crippen LogP) is 4.13. The van der Waals surface area contributed by atoms with E-state index < -0.39 is 0 Å². The zero-order valence-electron chi connectivity index (χ0n) is 11.0. The summed E-state index contributed by atoms with van der Waals surface area (Å²) in [6, 6.07) is 0.852. The van der Waals surface area contributed by atoms with Crippen LogP contribution in [0, 0.1) is 11.8 Å².